The van der Waals surface area contributed by atoms with Gasteiger partial charge in [0.1, 0.15) is 12.0 Å². The number of rotatable bonds is 2. The van der Waals surface area contributed by atoms with Crippen LogP contribution in [0.2, 0.25) is 0 Å². The molecule has 0 radical (unpaired) electrons. The highest BCUT2D eigenvalue weighted by Gasteiger charge is 2.43. The molecule has 1 saturated carbocycles. The summed E-state index contributed by atoms with van der Waals surface area (Å²) < 4.78 is 12.7. The second-order valence-electron chi connectivity index (χ2n) is 5.53. The number of hydrogen-bond acceptors (Lipinski definition) is 2. The standard InChI is InChI=1S/C13H17FN2O/c1-13(2,3)8-4-5-11(15-7-8)16-12(17)9-6-10(9)14/h4-5,7,9-10H,6H2,1-3H3,(H,15,16,17)/t9-,10-/m0/s1. The molecule has 1 aromatic rings. The lowest BCUT2D eigenvalue weighted by Crippen LogP contribution is -2.17. The third kappa shape index (κ3) is 2.81. The molecule has 1 N–H and O–H groups in total. The minimum Gasteiger partial charge on any atom is -0.310 e. The van der Waals surface area contributed by atoms with E-state index in [0.717, 1.165) is 5.56 Å². The number of pyridine rings is 1. The molecule has 0 unspecified atom stereocenters. The Kier molecular flexibility index (Phi) is 2.89. The van der Waals surface area contributed by atoms with Crippen LogP contribution in [0.3, 0.4) is 0 Å². The van der Waals surface area contributed by atoms with Crippen molar-refractivity contribution in [3.63, 3.8) is 0 Å². The molecule has 0 aliphatic heterocycles. The predicted molar refractivity (Wildman–Crippen MR) is 64.6 cm³/mol. The lowest BCUT2D eigenvalue weighted by Gasteiger charge is -2.18. The highest BCUT2D eigenvalue weighted by molar-refractivity contribution is 5.93. The Balaban J connectivity index is 2.01. The first-order valence-corrected chi connectivity index (χ1v) is 5.79. The van der Waals surface area contributed by atoms with Crippen LogP contribution in [-0.2, 0) is 10.2 Å². The summed E-state index contributed by atoms with van der Waals surface area (Å²) in [5, 5.41) is 2.62. The van der Waals surface area contributed by atoms with E-state index in [-0.39, 0.29) is 11.3 Å². The highest BCUT2D eigenvalue weighted by atomic mass is 19.1. The molecule has 1 fully saturated rings. The summed E-state index contributed by atoms with van der Waals surface area (Å²) >= 11 is 0. The molecule has 3 nitrogen and oxygen atoms in total. The van der Waals surface area contributed by atoms with Gasteiger partial charge in [0.2, 0.25) is 5.91 Å². The Labute approximate surface area is 100 Å². The molecule has 1 amide bonds. The number of halogens is 1. The summed E-state index contributed by atoms with van der Waals surface area (Å²) in [5.74, 6) is -0.255. The molecule has 0 spiro atoms. The summed E-state index contributed by atoms with van der Waals surface area (Å²) in [5.41, 5.74) is 1.14. The molecule has 0 saturated heterocycles. The maximum Gasteiger partial charge on any atom is 0.231 e. The summed E-state index contributed by atoms with van der Waals surface area (Å²) in [4.78, 5) is 15.6. The minimum atomic E-state index is -0.969. The van der Waals surface area contributed by atoms with Crippen molar-refractivity contribution < 1.29 is 9.18 Å². The number of nitrogens with zero attached hydrogens (tertiary/aromatic N) is 1. The Morgan fingerprint density at radius 2 is 2.12 bits per heavy atom. The summed E-state index contributed by atoms with van der Waals surface area (Å²) in [6.07, 6.45) is 1.12. The van der Waals surface area contributed by atoms with Gasteiger partial charge < -0.3 is 5.32 Å². The number of alkyl halides is 1. The maximum absolute atomic E-state index is 12.7. The molecule has 2 rings (SSSR count). The second-order valence-corrected chi connectivity index (χ2v) is 5.53. The Hall–Kier alpha value is -1.45. The average molecular weight is 236 g/mol. The van der Waals surface area contributed by atoms with E-state index in [2.05, 4.69) is 31.1 Å². The van der Waals surface area contributed by atoms with E-state index < -0.39 is 12.1 Å². The van der Waals surface area contributed by atoms with E-state index in [4.69, 9.17) is 0 Å². The van der Waals surface area contributed by atoms with E-state index in [9.17, 15) is 9.18 Å². The van der Waals surface area contributed by atoms with Gasteiger partial charge in [-0.15, -0.1) is 0 Å². The van der Waals surface area contributed by atoms with Crippen molar-refractivity contribution in [3.8, 4) is 0 Å². The Morgan fingerprint density at radius 3 is 2.53 bits per heavy atom. The predicted octanol–water partition coefficient (Wildman–Crippen LogP) is 2.68. The molecule has 1 aliphatic rings. The van der Waals surface area contributed by atoms with Gasteiger partial charge in [0.15, 0.2) is 0 Å². The van der Waals surface area contributed by atoms with Crippen molar-refractivity contribution in [2.75, 3.05) is 5.32 Å². The summed E-state index contributed by atoms with van der Waals surface area (Å²) in [6.45, 7) is 6.29. The van der Waals surface area contributed by atoms with Gasteiger partial charge in [0.25, 0.3) is 0 Å². The SMILES string of the molecule is CC(C)(C)c1ccc(NC(=O)[C@H]2C[C@@H]2F)nc1. The van der Waals surface area contributed by atoms with Crippen molar-refractivity contribution in [1.82, 2.24) is 4.98 Å². The van der Waals surface area contributed by atoms with Crippen molar-refractivity contribution in [2.45, 2.75) is 38.8 Å². The number of hydrogen-bond donors (Lipinski definition) is 1. The van der Waals surface area contributed by atoms with Gasteiger partial charge >= 0.3 is 0 Å². The van der Waals surface area contributed by atoms with E-state index in [1.54, 1.807) is 12.3 Å². The number of anilines is 1. The van der Waals surface area contributed by atoms with Crippen LogP contribution in [0.25, 0.3) is 0 Å². The number of amides is 1. The first-order chi connectivity index (χ1) is 7.88. The van der Waals surface area contributed by atoms with E-state index in [0.29, 0.717) is 12.2 Å². The van der Waals surface area contributed by atoms with Gasteiger partial charge in [-0.05, 0) is 23.5 Å². The largest absolute Gasteiger partial charge is 0.310 e. The lowest BCUT2D eigenvalue weighted by molar-refractivity contribution is -0.117. The molecule has 0 bridgehead atoms. The molecule has 0 aromatic carbocycles. The van der Waals surface area contributed by atoms with Crippen LogP contribution in [0.1, 0.15) is 32.8 Å². The first-order valence-electron chi connectivity index (χ1n) is 5.79. The topological polar surface area (TPSA) is 42.0 Å². The minimum absolute atomic E-state index is 0.0378. The van der Waals surface area contributed by atoms with Crippen LogP contribution < -0.4 is 5.32 Å². The second kappa shape index (κ2) is 4.09. The van der Waals surface area contributed by atoms with Gasteiger partial charge in [-0.1, -0.05) is 26.8 Å². The molecule has 92 valence electrons. The lowest BCUT2D eigenvalue weighted by atomic mass is 9.88. The van der Waals surface area contributed by atoms with Gasteiger partial charge in [-0.2, -0.15) is 0 Å². The van der Waals surface area contributed by atoms with Crippen LogP contribution in [0.4, 0.5) is 10.2 Å². The zero-order valence-corrected chi connectivity index (χ0v) is 10.3. The van der Waals surface area contributed by atoms with Crippen LogP contribution >= 0.6 is 0 Å². The van der Waals surface area contributed by atoms with Crippen LogP contribution in [0.15, 0.2) is 18.3 Å². The molecule has 4 heteroatoms. The van der Waals surface area contributed by atoms with E-state index >= 15 is 0 Å². The third-order valence-corrected chi connectivity index (χ3v) is 2.93. The average Bonchev–Trinajstić information content (AvgIpc) is 2.95. The normalized spacial score (nSPS) is 23.3. The maximum atomic E-state index is 12.7. The van der Waals surface area contributed by atoms with E-state index in [1.807, 2.05) is 6.07 Å². The Bertz CT molecular complexity index is 422. The summed E-state index contributed by atoms with van der Waals surface area (Å²) in [7, 11) is 0. The van der Waals surface area contributed by atoms with Crippen molar-refractivity contribution >= 4 is 11.7 Å². The fourth-order valence-corrected chi connectivity index (χ4v) is 1.57. The number of aromatic nitrogens is 1. The Morgan fingerprint density at radius 1 is 1.47 bits per heavy atom. The van der Waals surface area contributed by atoms with E-state index in [1.165, 1.54) is 0 Å². The fourth-order valence-electron chi connectivity index (χ4n) is 1.57. The molecule has 1 heterocycles. The zero-order valence-electron chi connectivity index (χ0n) is 10.3. The van der Waals surface area contributed by atoms with Gasteiger partial charge in [0, 0.05) is 6.20 Å². The smallest absolute Gasteiger partial charge is 0.231 e. The molecule has 1 aliphatic carbocycles. The number of carbonyl (C=O) groups excluding carboxylic acids is 1. The number of nitrogens with one attached hydrogen (secondary N) is 1. The van der Waals surface area contributed by atoms with Crippen molar-refractivity contribution in [1.29, 1.82) is 0 Å². The van der Waals surface area contributed by atoms with Gasteiger partial charge in [-0.3, -0.25) is 4.79 Å². The molecule has 1 aromatic heterocycles. The van der Waals surface area contributed by atoms with Crippen molar-refractivity contribution in [2.24, 2.45) is 5.92 Å². The molecular formula is C13H17FN2O. The fraction of sp³-hybridized carbons (Fsp3) is 0.538. The summed E-state index contributed by atoms with van der Waals surface area (Å²) in [6, 6.07) is 3.69. The zero-order chi connectivity index (χ0) is 12.6. The first kappa shape index (κ1) is 12.0. The molecule has 2 atom stereocenters. The van der Waals surface area contributed by atoms with Crippen LogP contribution in [0, 0.1) is 5.92 Å². The van der Waals surface area contributed by atoms with Crippen molar-refractivity contribution in [3.05, 3.63) is 23.9 Å². The highest BCUT2D eigenvalue weighted by Crippen LogP contribution is 2.34. The van der Waals surface area contributed by atoms with Gasteiger partial charge in [0.05, 0.1) is 5.92 Å². The van der Waals surface area contributed by atoms with Crippen LogP contribution in [0.5, 0.6) is 0 Å². The van der Waals surface area contributed by atoms with Crippen LogP contribution in [-0.4, -0.2) is 17.1 Å². The molecular weight excluding hydrogens is 219 g/mol. The monoisotopic (exact) mass is 236 g/mol. The third-order valence-electron chi connectivity index (χ3n) is 2.93. The quantitative estimate of drug-likeness (QED) is 0.857. The molecule has 17 heavy (non-hydrogen) atoms. The van der Waals surface area contributed by atoms with Gasteiger partial charge in [-0.25, -0.2) is 9.37 Å². The number of carbonyl (C=O) groups is 1.